The fourth-order valence-electron chi connectivity index (χ4n) is 3.66. The van der Waals surface area contributed by atoms with E-state index in [1.54, 1.807) is 15.9 Å². The number of nitrogens with zero attached hydrogens (tertiary/aromatic N) is 4. The molecule has 2 aliphatic heterocycles. The lowest BCUT2D eigenvalue weighted by atomic mass is 10.0. The zero-order valence-electron chi connectivity index (χ0n) is 13.5. The Bertz CT molecular complexity index is 783. The number of aromatic nitrogens is 2. The van der Waals surface area contributed by atoms with Crippen LogP contribution in [0.2, 0.25) is 0 Å². The number of aliphatic hydroxyl groups is 1. The molecule has 0 unspecified atom stereocenters. The van der Waals surface area contributed by atoms with Gasteiger partial charge in [0.05, 0.1) is 6.04 Å². The summed E-state index contributed by atoms with van der Waals surface area (Å²) < 4.78 is 0. The minimum atomic E-state index is -1.07. The van der Waals surface area contributed by atoms with Crippen molar-refractivity contribution in [2.24, 2.45) is 5.92 Å². The number of aliphatic hydroxyl groups excluding tert-OH is 1. The van der Waals surface area contributed by atoms with Crippen LogP contribution in [0.25, 0.3) is 0 Å². The van der Waals surface area contributed by atoms with Crippen molar-refractivity contribution in [3.8, 4) is 0 Å². The molecule has 2 aromatic rings. The molecule has 25 heavy (non-hydrogen) atoms. The standard InChI is InChI=1S/C18H18N4O3/c23-15-13-10-21(18(25)16-19-7-4-8-20-16)11-14(13)22(17(15)24)9-12-5-2-1-3-6-12/h1-8,13-15,23H,9-11H2/t13-,14+,15-/m0/s1. The first-order chi connectivity index (χ1) is 12.1. The van der Waals surface area contributed by atoms with Crippen LogP contribution in [0.15, 0.2) is 48.8 Å². The quantitative estimate of drug-likeness (QED) is 0.871. The molecule has 0 spiro atoms. The highest BCUT2D eigenvalue weighted by atomic mass is 16.3. The van der Waals surface area contributed by atoms with E-state index in [9.17, 15) is 14.7 Å². The normalized spacial score (nSPS) is 25.3. The molecule has 1 aromatic carbocycles. The van der Waals surface area contributed by atoms with Crippen molar-refractivity contribution in [2.75, 3.05) is 13.1 Å². The first kappa shape index (κ1) is 15.7. The van der Waals surface area contributed by atoms with Crippen LogP contribution in [0, 0.1) is 5.92 Å². The third-order valence-electron chi connectivity index (χ3n) is 4.91. The maximum absolute atomic E-state index is 12.5. The first-order valence-corrected chi connectivity index (χ1v) is 8.24. The van der Waals surface area contributed by atoms with Crippen LogP contribution in [-0.4, -0.2) is 61.9 Å². The van der Waals surface area contributed by atoms with Gasteiger partial charge in [-0.25, -0.2) is 9.97 Å². The van der Waals surface area contributed by atoms with Gasteiger partial charge in [-0.05, 0) is 11.6 Å². The number of fused-ring (bicyclic) bond motifs is 1. The van der Waals surface area contributed by atoms with E-state index in [2.05, 4.69) is 9.97 Å². The lowest BCUT2D eigenvalue weighted by Crippen LogP contribution is -2.40. The molecule has 2 fully saturated rings. The zero-order valence-corrected chi connectivity index (χ0v) is 13.5. The van der Waals surface area contributed by atoms with Crippen molar-refractivity contribution >= 4 is 11.8 Å². The van der Waals surface area contributed by atoms with Gasteiger partial charge in [0, 0.05) is 37.9 Å². The SMILES string of the molecule is O=C(c1ncccn1)N1C[C@@H]2[C@H](O)C(=O)N(Cc3ccccc3)[C@@H]2C1. The molecular formula is C18H18N4O3. The van der Waals surface area contributed by atoms with Gasteiger partial charge in [0.15, 0.2) is 0 Å². The molecular weight excluding hydrogens is 320 g/mol. The summed E-state index contributed by atoms with van der Waals surface area (Å²) in [5.74, 6) is -0.669. The molecule has 1 aromatic heterocycles. The molecule has 2 aliphatic rings. The number of carbonyl (C=O) groups excluding carboxylic acids is 2. The Morgan fingerprint density at radius 2 is 1.84 bits per heavy atom. The average Bonchev–Trinajstić information content (AvgIpc) is 3.18. The Morgan fingerprint density at radius 3 is 2.56 bits per heavy atom. The summed E-state index contributed by atoms with van der Waals surface area (Å²) in [6.45, 7) is 1.15. The van der Waals surface area contributed by atoms with Gasteiger partial charge in [-0.1, -0.05) is 30.3 Å². The van der Waals surface area contributed by atoms with E-state index < -0.39 is 6.10 Å². The van der Waals surface area contributed by atoms with Gasteiger partial charge < -0.3 is 14.9 Å². The monoisotopic (exact) mass is 338 g/mol. The molecule has 2 amide bonds. The first-order valence-electron chi connectivity index (χ1n) is 8.24. The van der Waals surface area contributed by atoms with Gasteiger partial charge >= 0.3 is 0 Å². The van der Waals surface area contributed by atoms with Crippen LogP contribution in [0.5, 0.6) is 0 Å². The molecule has 0 radical (unpaired) electrons. The molecule has 2 saturated heterocycles. The molecule has 0 saturated carbocycles. The van der Waals surface area contributed by atoms with Gasteiger partial charge in [0.25, 0.3) is 11.8 Å². The summed E-state index contributed by atoms with van der Waals surface area (Å²) in [6.07, 6.45) is 1.98. The van der Waals surface area contributed by atoms with Crippen LogP contribution in [-0.2, 0) is 11.3 Å². The van der Waals surface area contributed by atoms with Crippen LogP contribution in [0.1, 0.15) is 16.2 Å². The predicted molar refractivity (Wildman–Crippen MR) is 88.2 cm³/mol. The zero-order chi connectivity index (χ0) is 17.4. The van der Waals surface area contributed by atoms with Crippen LogP contribution < -0.4 is 0 Å². The van der Waals surface area contributed by atoms with Crippen LogP contribution in [0.4, 0.5) is 0 Å². The number of hydrogen-bond donors (Lipinski definition) is 1. The number of amides is 2. The number of carbonyl (C=O) groups is 2. The average molecular weight is 338 g/mol. The number of benzene rings is 1. The van der Waals surface area contributed by atoms with Crippen molar-refractivity contribution in [2.45, 2.75) is 18.7 Å². The van der Waals surface area contributed by atoms with E-state index in [1.807, 2.05) is 30.3 Å². The fraction of sp³-hybridized carbons (Fsp3) is 0.333. The molecule has 1 N–H and O–H groups in total. The van der Waals surface area contributed by atoms with Crippen molar-refractivity contribution in [1.82, 2.24) is 19.8 Å². The molecule has 128 valence electrons. The van der Waals surface area contributed by atoms with E-state index in [-0.39, 0.29) is 29.6 Å². The van der Waals surface area contributed by atoms with Crippen LogP contribution >= 0.6 is 0 Å². The Labute approximate surface area is 144 Å². The second-order valence-corrected chi connectivity index (χ2v) is 6.41. The van der Waals surface area contributed by atoms with Gasteiger partial charge in [0.1, 0.15) is 6.10 Å². The number of rotatable bonds is 3. The predicted octanol–water partition coefficient (Wildman–Crippen LogP) is 0.320. The number of likely N-dealkylation sites (tertiary alicyclic amines) is 2. The minimum Gasteiger partial charge on any atom is -0.383 e. The summed E-state index contributed by atoms with van der Waals surface area (Å²) in [4.78, 5) is 36.3. The Morgan fingerprint density at radius 1 is 1.12 bits per heavy atom. The summed E-state index contributed by atoms with van der Waals surface area (Å²) in [7, 11) is 0. The van der Waals surface area contributed by atoms with Gasteiger partial charge in [-0.15, -0.1) is 0 Å². The third kappa shape index (κ3) is 2.76. The van der Waals surface area contributed by atoms with E-state index in [0.29, 0.717) is 19.6 Å². The Balaban J connectivity index is 1.53. The van der Waals surface area contributed by atoms with E-state index in [1.165, 1.54) is 12.4 Å². The minimum absolute atomic E-state index is 0.137. The summed E-state index contributed by atoms with van der Waals surface area (Å²) in [6, 6.07) is 11.1. The Kier molecular flexibility index (Phi) is 3.93. The van der Waals surface area contributed by atoms with Crippen LogP contribution in [0.3, 0.4) is 0 Å². The second kappa shape index (κ2) is 6.25. The van der Waals surface area contributed by atoms with Crippen molar-refractivity contribution < 1.29 is 14.7 Å². The van der Waals surface area contributed by atoms with Crippen molar-refractivity contribution in [1.29, 1.82) is 0 Å². The van der Waals surface area contributed by atoms with Crippen molar-refractivity contribution in [3.63, 3.8) is 0 Å². The lowest BCUT2D eigenvalue weighted by Gasteiger charge is -2.25. The third-order valence-corrected chi connectivity index (χ3v) is 4.91. The maximum Gasteiger partial charge on any atom is 0.291 e. The second-order valence-electron chi connectivity index (χ2n) is 6.41. The molecule has 4 rings (SSSR count). The van der Waals surface area contributed by atoms with Gasteiger partial charge in [-0.3, -0.25) is 9.59 Å². The largest absolute Gasteiger partial charge is 0.383 e. The molecule has 7 nitrogen and oxygen atoms in total. The topological polar surface area (TPSA) is 86.6 Å². The molecule has 3 heterocycles. The highest BCUT2D eigenvalue weighted by molar-refractivity contribution is 5.91. The van der Waals surface area contributed by atoms with Gasteiger partial charge in [0.2, 0.25) is 5.82 Å². The molecule has 7 heteroatoms. The van der Waals surface area contributed by atoms with Crippen molar-refractivity contribution in [3.05, 3.63) is 60.2 Å². The smallest absolute Gasteiger partial charge is 0.291 e. The highest BCUT2D eigenvalue weighted by Gasteiger charge is 2.52. The maximum atomic E-state index is 12.5. The Hall–Kier alpha value is -2.80. The lowest BCUT2D eigenvalue weighted by molar-refractivity contribution is -0.136. The highest BCUT2D eigenvalue weighted by Crippen LogP contribution is 2.34. The summed E-state index contributed by atoms with van der Waals surface area (Å²) in [5, 5.41) is 10.3. The van der Waals surface area contributed by atoms with E-state index in [4.69, 9.17) is 0 Å². The summed E-state index contributed by atoms with van der Waals surface area (Å²) >= 11 is 0. The fourth-order valence-corrected chi connectivity index (χ4v) is 3.66. The molecule has 0 bridgehead atoms. The molecule has 0 aliphatic carbocycles. The summed E-state index contributed by atoms with van der Waals surface area (Å²) in [5.41, 5.74) is 1.000. The van der Waals surface area contributed by atoms with Gasteiger partial charge in [-0.2, -0.15) is 0 Å². The number of hydrogen-bond acceptors (Lipinski definition) is 5. The van der Waals surface area contributed by atoms with E-state index >= 15 is 0 Å². The van der Waals surface area contributed by atoms with E-state index in [0.717, 1.165) is 5.56 Å². The molecule has 3 atom stereocenters.